The van der Waals surface area contributed by atoms with Gasteiger partial charge in [0.25, 0.3) is 0 Å². The lowest BCUT2D eigenvalue weighted by atomic mass is 10.1. The number of nitrogens with zero attached hydrogens (tertiary/aromatic N) is 1. The highest BCUT2D eigenvalue weighted by molar-refractivity contribution is 5.83. The summed E-state index contributed by atoms with van der Waals surface area (Å²) in [6, 6.07) is 0. The summed E-state index contributed by atoms with van der Waals surface area (Å²) in [5.74, 6) is -15.7. The zero-order valence-corrected chi connectivity index (χ0v) is 6.95. The van der Waals surface area contributed by atoms with E-state index in [2.05, 4.69) is 0 Å². The molecule has 0 heterocycles. The van der Waals surface area contributed by atoms with Gasteiger partial charge >= 0.3 is 23.9 Å². The highest BCUT2D eigenvalue weighted by Gasteiger charge is 2.76. The van der Waals surface area contributed by atoms with Crippen LogP contribution in [0.3, 0.4) is 0 Å². The second kappa shape index (κ2) is 3.51. The molecular weight excluding hydrogens is 239 g/mol. The molecule has 0 rings (SSSR count). The number of carbonyl (C=O) groups is 1. The summed E-state index contributed by atoms with van der Waals surface area (Å²) in [4.78, 5) is 10.2. The molecule has 1 amide bonds. The van der Waals surface area contributed by atoms with Crippen molar-refractivity contribution in [2.45, 2.75) is 18.0 Å². The number of halogens is 7. The third-order valence-corrected chi connectivity index (χ3v) is 1.31. The van der Waals surface area contributed by atoms with Crippen molar-refractivity contribution >= 4 is 5.91 Å². The first kappa shape index (κ1) is 13.9. The van der Waals surface area contributed by atoms with Crippen molar-refractivity contribution in [2.24, 2.45) is 0 Å². The van der Waals surface area contributed by atoms with Crippen molar-refractivity contribution in [3.8, 4) is 0 Å². The smallest absolute Gasteiger partial charge is 0.286 e. The molecule has 90 valence electrons. The Morgan fingerprint density at radius 3 is 1.60 bits per heavy atom. The molecule has 0 spiro atoms. The van der Waals surface area contributed by atoms with Crippen LogP contribution >= 0.6 is 0 Å². The number of rotatable bonds is 2. The molecule has 0 atom stereocenters. The monoisotopic (exact) mass is 243 g/mol. The maximum Gasteiger partial charge on any atom is 0.460 e. The second-order valence-electron chi connectivity index (χ2n) is 2.48. The number of hydrogen-bond acceptors (Lipinski definition) is 2. The lowest BCUT2D eigenvalue weighted by Gasteiger charge is -2.27. The van der Waals surface area contributed by atoms with Crippen LogP contribution in [0.25, 0.3) is 0 Å². The Kier molecular flexibility index (Phi) is 3.26. The zero-order valence-electron chi connectivity index (χ0n) is 6.95. The summed E-state index contributed by atoms with van der Waals surface area (Å²) in [6.45, 7) is 0. The molecule has 0 aliphatic heterocycles. The summed E-state index contributed by atoms with van der Waals surface area (Å²) in [5.41, 5.74) is 0. The van der Waals surface area contributed by atoms with Crippen LogP contribution in [0.1, 0.15) is 0 Å². The molecule has 0 aromatic carbocycles. The van der Waals surface area contributed by atoms with Gasteiger partial charge in [-0.15, -0.1) is 0 Å². The average molecular weight is 243 g/mol. The van der Waals surface area contributed by atoms with Crippen LogP contribution in [0.2, 0.25) is 0 Å². The first-order chi connectivity index (χ1) is 6.35. The van der Waals surface area contributed by atoms with E-state index in [9.17, 15) is 35.5 Å². The van der Waals surface area contributed by atoms with Gasteiger partial charge in [-0.05, 0) is 0 Å². The lowest BCUT2D eigenvalue weighted by Crippen LogP contribution is -2.59. The Morgan fingerprint density at radius 2 is 1.40 bits per heavy atom. The predicted octanol–water partition coefficient (Wildman–Crippen LogP) is 1.67. The van der Waals surface area contributed by atoms with Gasteiger partial charge in [-0.3, -0.25) is 10.0 Å². The Labute approximate surface area is 78.0 Å². The molecule has 0 aromatic rings. The van der Waals surface area contributed by atoms with Crippen molar-refractivity contribution in [3.63, 3.8) is 0 Å². The highest BCUT2D eigenvalue weighted by atomic mass is 19.4. The Morgan fingerprint density at radius 1 is 1.07 bits per heavy atom. The fourth-order valence-electron chi connectivity index (χ4n) is 0.516. The molecule has 0 fully saturated rings. The van der Waals surface area contributed by atoms with E-state index in [-0.39, 0.29) is 7.05 Å². The van der Waals surface area contributed by atoms with Crippen molar-refractivity contribution in [1.82, 2.24) is 5.06 Å². The molecule has 0 aromatic heterocycles. The molecule has 15 heavy (non-hydrogen) atoms. The molecule has 0 saturated carbocycles. The van der Waals surface area contributed by atoms with E-state index in [1.54, 1.807) is 0 Å². The molecular formula is C5H4F7NO2. The van der Waals surface area contributed by atoms with Gasteiger partial charge in [0.05, 0.1) is 0 Å². The predicted molar refractivity (Wildman–Crippen MR) is 30.5 cm³/mol. The van der Waals surface area contributed by atoms with Crippen molar-refractivity contribution < 1.29 is 40.7 Å². The molecule has 0 saturated heterocycles. The third-order valence-electron chi connectivity index (χ3n) is 1.31. The first-order valence-electron chi connectivity index (χ1n) is 3.15. The largest absolute Gasteiger partial charge is 0.460 e. The highest BCUT2D eigenvalue weighted by Crippen LogP contribution is 2.46. The Balaban J connectivity index is 5.29. The van der Waals surface area contributed by atoms with E-state index in [0.717, 1.165) is 0 Å². The average Bonchev–Trinajstić information content (AvgIpc) is 2.00. The van der Waals surface area contributed by atoms with E-state index in [0.29, 0.717) is 0 Å². The van der Waals surface area contributed by atoms with Gasteiger partial charge < -0.3 is 0 Å². The maximum atomic E-state index is 12.3. The van der Waals surface area contributed by atoms with Crippen molar-refractivity contribution in [1.29, 1.82) is 0 Å². The molecule has 3 nitrogen and oxygen atoms in total. The van der Waals surface area contributed by atoms with Gasteiger partial charge in [0, 0.05) is 7.05 Å². The van der Waals surface area contributed by atoms with Crippen LogP contribution in [0.15, 0.2) is 0 Å². The van der Waals surface area contributed by atoms with Crippen LogP contribution in [0.5, 0.6) is 0 Å². The SMILES string of the molecule is CN(O)C(=O)C(F)(F)C(F)(F)C(F)(F)F. The number of carbonyl (C=O) groups excluding carboxylic acids is 1. The molecule has 0 aliphatic rings. The summed E-state index contributed by atoms with van der Waals surface area (Å²) in [6.07, 6.45) is -6.60. The van der Waals surface area contributed by atoms with Gasteiger partial charge in [0.1, 0.15) is 0 Å². The van der Waals surface area contributed by atoms with E-state index in [1.807, 2.05) is 0 Å². The summed E-state index contributed by atoms with van der Waals surface area (Å²) < 4.78 is 83.2. The Hall–Kier alpha value is -1.06. The van der Waals surface area contributed by atoms with E-state index >= 15 is 0 Å². The number of alkyl halides is 7. The lowest BCUT2D eigenvalue weighted by molar-refractivity contribution is -0.348. The number of amides is 1. The third kappa shape index (κ3) is 2.13. The zero-order chi connectivity index (χ0) is 12.7. The van der Waals surface area contributed by atoms with E-state index in [4.69, 9.17) is 5.21 Å². The minimum atomic E-state index is -6.60. The molecule has 1 N–H and O–H groups in total. The summed E-state index contributed by atoms with van der Waals surface area (Å²) >= 11 is 0. The first-order valence-corrected chi connectivity index (χ1v) is 3.15. The molecule has 10 heteroatoms. The minimum Gasteiger partial charge on any atom is -0.286 e. The fourth-order valence-corrected chi connectivity index (χ4v) is 0.516. The van der Waals surface area contributed by atoms with Crippen LogP contribution in [-0.4, -0.2) is 41.2 Å². The quantitative estimate of drug-likeness (QED) is 0.455. The van der Waals surface area contributed by atoms with Gasteiger partial charge in [-0.2, -0.15) is 30.7 Å². The minimum absolute atomic E-state index is 0.197. The fraction of sp³-hybridized carbons (Fsp3) is 0.800. The number of hydroxylamine groups is 2. The van der Waals surface area contributed by atoms with Gasteiger partial charge in [0.15, 0.2) is 0 Å². The second-order valence-corrected chi connectivity index (χ2v) is 2.48. The summed E-state index contributed by atoms with van der Waals surface area (Å²) in [7, 11) is 0.197. The van der Waals surface area contributed by atoms with Crippen LogP contribution in [-0.2, 0) is 4.79 Å². The van der Waals surface area contributed by atoms with Gasteiger partial charge in [-0.25, -0.2) is 5.06 Å². The van der Waals surface area contributed by atoms with Crippen LogP contribution < -0.4 is 0 Å². The van der Waals surface area contributed by atoms with E-state index in [1.165, 1.54) is 0 Å². The topological polar surface area (TPSA) is 40.5 Å². The molecule has 0 bridgehead atoms. The molecule has 0 aliphatic carbocycles. The molecule has 0 unspecified atom stereocenters. The van der Waals surface area contributed by atoms with Crippen LogP contribution in [0.4, 0.5) is 30.7 Å². The number of hydrogen-bond donors (Lipinski definition) is 1. The summed E-state index contributed by atoms with van der Waals surface area (Å²) in [5, 5.41) is 7.05. The Bertz CT molecular complexity index is 259. The van der Waals surface area contributed by atoms with Gasteiger partial charge in [-0.1, -0.05) is 0 Å². The van der Waals surface area contributed by atoms with Crippen LogP contribution in [0, 0.1) is 0 Å². The maximum absolute atomic E-state index is 12.3. The van der Waals surface area contributed by atoms with E-state index < -0.39 is 29.0 Å². The molecule has 0 radical (unpaired) electrons. The normalized spacial score (nSPS) is 13.9. The van der Waals surface area contributed by atoms with Crippen molar-refractivity contribution in [2.75, 3.05) is 7.05 Å². The van der Waals surface area contributed by atoms with Gasteiger partial charge in [0.2, 0.25) is 0 Å². The standard InChI is InChI=1S/C5H4F7NO2/c1-13(15)2(14)3(6,7)4(8,9)5(10,11)12/h15H,1H3. The van der Waals surface area contributed by atoms with Crippen molar-refractivity contribution in [3.05, 3.63) is 0 Å².